The topological polar surface area (TPSA) is 40.5 Å². The van der Waals surface area contributed by atoms with Crippen molar-refractivity contribution in [3.8, 4) is 0 Å². The summed E-state index contributed by atoms with van der Waals surface area (Å²) in [6.07, 6.45) is 0. The average molecular weight is 304 g/mol. The van der Waals surface area contributed by atoms with Gasteiger partial charge >= 0.3 is 5.97 Å². The van der Waals surface area contributed by atoms with Crippen LogP contribution in [-0.4, -0.2) is 41.5 Å². The highest BCUT2D eigenvalue weighted by atomic mass is 35.5. The van der Waals surface area contributed by atoms with Gasteiger partial charge in [-0.2, -0.15) is 0 Å². The summed E-state index contributed by atoms with van der Waals surface area (Å²) in [6.45, 7) is 0.808. The molecule has 0 spiro atoms. The molecule has 0 bridgehead atoms. The van der Waals surface area contributed by atoms with E-state index in [9.17, 15) is 18.7 Å². The van der Waals surface area contributed by atoms with Crippen LogP contribution < -0.4 is 0 Å². The molecule has 1 N–H and O–H groups in total. The van der Waals surface area contributed by atoms with Crippen molar-refractivity contribution in [2.75, 3.05) is 19.6 Å². The van der Waals surface area contributed by atoms with E-state index in [0.29, 0.717) is 10.6 Å². The Morgan fingerprint density at radius 1 is 1.45 bits per heavy atom. The molecule has 1 aliphatic rings. The van der Waals surface area contributed by atoms with Crippen LogP contribution >= 0.6 is 11.6 Å². The van der Waals surface area contributed by atoms with Crippen LogP contribution in [0.5, 0.6) is 0 Å². The van der Waals surface area contributed by atoms with Gasteiger partial charge in [-0.05, 0) is 11.6 Å². The lowest BCUT2D eigenvalue weighted by Gasteiger charge is -2.20. The highest BCUT2D eigenvalue weighted by molar-refractivity contribution is 6.31. The first-order chi connectivity index (χ1) is 9.28. The molecule has 2 atom stereocenters. The van der Waals surface area contributed by atoms with Crippen LogP contribution in [0.3, 0.4) is 0 Å². The van der Waals surface area contributed by atoms with E-state index >= 15 is 0 Å². The molecule has 20 heavy (non-hydrogen) atoms. The van der Waals surface area contributed by atoms with Crippen molar-refractivity contribution in [1.29, 1.82) is 0 Å². The lowest BCUT2D eigenvalue weighted by molar-refractivity contribution is -0.141. The Morgan fingerprint density at radius 2 is 2.10 bits per heavy atom. The van der Waals surface area contributed by atoms with Crippen molar-refractivity contribution in [2.45, 2.75) is 18.8 Å². The Labute approximate surface area is 121 Å². The monoisotopic (exact) mass is 303 g/mol. The smallest absolute Gasteiger partial charge is 0.308 e. The maximum Gasteiger partial charge on any atom is 0.308 e. The normalized spacial score (nSPS) is 24.0. The van der Waals surface area contributed by atoms with Gasteiger partial charge in [0.25, 0.3) is 5.92 Å². The van der Waals surface area contributed by atoms with Gasteiger partial charge in [0, 0.05) is 31.0 Å². The molecule has 0 amide bonds. The molecular weight excluding hydrogens is 288 g/mol. The molecule has 1 aliphatic heterocycles. The fourth-order valence-electron chi connectivity index (χ4n) is 2.75. The van der Waals surface area contributed by atoms with Crippen LogP contribution in [0.4, 0.5) is 8.78 Å². The third kappa shape index (κ3) is 3.46. The molecule has 0 aromatic heterocycles. The van der Waals surface area contributed by atoms with Crippen LogP contribution in [-0.2, 0) is 4.79 Å². The second-order valence-electron chi connectivity index (χ2n) is 5.34. The number of carbonyl (C=O) groups is 1. The second kappa shape index (κ2) is 5.66. The Morgan fingerprint density at radius 3 is 2.65 bits per heavy atom. The first-order valence-corrected chi connectivity index (χ1v) is 6.73. The van der Waals surface area contributed by atoms with Crippen LogP contribution in [0.25, 0.3) is 0 Å². The zero-order valence-electron chi connectivity index (χ0n) is 11.0. The average Bonchev–Trinajstić information content (AvgIpc) is 2.71. The molecule has 0 saturated carbocycles. The fraction of sp³-hybridized carbons (Fsp3) is 0.500. The number of carboxylic acids is 1. The number of benzene rings is 1. The minimum absolute atomic E-state index is 0.120. The molecule has 0 radical (unpaired) electrons. The molecular formula is C14H16ClF2NO2. The van der Waals surface area contributed by atoms with E-state index in [-0.39, 0.29) is 19.0 Å². The summed E-state index contributed by atoms with van der Waals surface area (Å²) in [5.41, 5.74) is 0.712. The highest BCUT2D eigenvalue weighted by Gasteiger charge is 2.41. The van der Waals surface area contributed by atoms with Gasteiger partial charge in [0.15, 0.2) is 0 Å². The largest absolute Gasteiger partial charge is 0.481 e. The van der Waals surface area contributed by atoms with Crippen molar-refractivity contribution in [1.82, 2.24) is 4.90 Å². The van der Waals surface area contributed by atoms with Gasteiger partial charge in [-0.25, -0.2) is 8.78 Å². The van der Waals surface area contributed by atoms with Crippen molar-refractivity contribution in [3.05, 3.63) is 34.9 Å². The number of carboxylic acid groups (broad SMARTS) is 1. The summed E-state index contributed by atoms with van der Waals surface area (Å²) in [4.78, 5) is 12.8. The van der Waals surface area contributed by atoms with E-state index in [1.807, 2.05) is 0 Å². The molecule has 110 valence electrons. The number of hydrogen-bond donors (Lipinski definition) is 1. The van der Waals surface area contributed by atoms with Gasteiger partial charge < -0.3 is 5.11 Å². The molecule has 1 fully saturated rings. The van der Waals surface area contributed by atoms with Crippen molar-refractivity contribution < 1.29 is 18.7 Å². The Kier molecular flexibility index (Phi) is 4.30. The van der Waals surface area contributed by atoms with Gasteiger partial charge in [0.1, 0.15) is 0 Å². The number of aliphatic carboxylic acids is 1. The molecule has 2 rings (SSSR count). The predicted octanol–water partition coefficient (Wildman–Crippen LogP) is 3.10. The van der Waals surface area contributed by atoms with E-state index < -0.39 is 24.4 Å². The minimum atomic E-state index is -2.83. The van der Waals surface area contributed by atoms with E-state index in [1.165, 1.54) is 4.90 Å². The van der Waals surface area contributed by atoms with Crippen LogP contribution in [0.15, 0.2) is 24.3 Å². The molecule has 0 unspecified atom stereocenters. The summed E-state index contributed by atoms with van der Waals surface area (Å²) in [5, 5.41) is 9.78. The van der Waals surface area contributed by atoms with Crippen molar-refractivity contribution >= 4 is 17.6 Å². The van der Waals surface area contributed by atoms with Crippen molar-refractivity contribution in [3.63, 3.8) is 0 Å². The fourth-order valence-corrected chi connectivity index (χ4v) is 3.02. The molecule has 1 aromatic carbocycles. The van der Waals surface area contributed by atoms with E-state index in [4.69, 9.17) is 11.6 Å². The number of rotatable bonds is 4. The summed E-state index contributed by atoms with van der Waals surface area (Å²) in [5.74, 6) is -4.88. The van der Waals surface area contributed by atoms with Gasteiger partial charge in [0.05, 0.1) is 12.5 Å². The maximum atomic E-state index is 13.1. The molecule has 1 heterocycles. The Bertz CT molecular complexity index is 504. The Balaban J connectivity index is 2.23. The quantitative estimate of drug-likeness (QED) is 0.929. The molecule has 0 aliphatic carbocycles. The Hall–Kier alpha value is -1.20. The summed E-state index contributed by atoms with van der Waals surface area (Å²) in [6, 6.07) is 6.98. The zero-order chi connectivity index (χ0) is 14.9. The SMILES string of the molecule is CC(F)(F)CN1C[C@H](C(=O)O)[C@H](c2ccccc2Cl)C1. The standard InChI is InChI=1S/C14H16ClF2NO2/c1-14(16,17)8-18-6-10(11(7-18)13(19)20)9-4-2-3-5-12(9)15/h2-5,10-11H,6-8H2,1H3,(H,19,20)/t10-,11-/m0/s1. The molecule has 3 nitrogen and oxygen atoms in total. The summed E-state index contributed by atoms with van der Waals surface area (Å²) >= 11 is 6.10. The number of hydrogen-bond acceptors (Lipinski definition) is 2. The maximum absolute atomic E-state index is 13.1. The van der Waals surface area contributed by atoms with Gasteiger partial charge in [-0.3, -0.25) is 9.69 Å². The second-order valence-corrected chi connectivity index (χ2v) is 5.74. The molecule has 1 aromatic rings. The van der Waals surface area contributed by atoms with Crippen LogP contribution in [0, 0.1) is 5.92 Å². The van der Waals surface area contributed by atoms with Gasteiger partial charge in [-0.1, -0.05) is 29.8 Å². The van der Waals surface area contributed by atoms with Crippen molar-refractivity contribution in [2.24, 2.45) is 5.92 Å². The highest BCUT2D eigenvalue weighted by Crippen LogP contribution is 2.37. The first kappa shape index (κ1) is 15.2. The number of nitrogens with zero attached hydrogens (tertiary/aromatic N) is 1. The van der Waals surface area contributed by atoms with Crippen LogP contribution in [0.2, 0.25) is 5.02 Å². The van der Waals surface area contributed by atoms with E-state index in [1.54, 1.807) is 24.3 Å². The number of likely N-dealkylation sites (tertiary alicyclic amines) is 1. The third-order valence-corrected chi connectivity index (χ3v) is 3.86. The summed E-state index contributed by atoms with van der Waals surface area (Å²) < 4.78 is 26.2. The minimum Gasteiger partial charge on any atom is -0.481 e. The lowest BCUT2D eigenvalue weighted by atomic mass is 9.89. The van der Waals surface area contributed by atoms with Gasteiger partial charge in [-0.15, -0.1) is 0 Å². The zero-order valence-corrected chi connectivity index (χ0v) is 11.8. The molecule has 6 heteroatoms. The number of alkyl halides is 2. The van der Waals surface area contributed by atoms with E-state index in [0.717, 1.165) is 6.92 Å². The first-order valence-electron chi connectivity index (χ1n) is 6.35. The molecule has 1 saturated heterocycles. The summed E-state index contributed by atoms with van der Waals surface area (Å²) in [7, 11) is 0. The van der Waals surface area contributed by atoms with Crippen LogP contribution in [0.1, 0.15) is 18.4 Å². The van der Waals surface area contributed by atoms with E-state index in [2.05, 4.69) is 0 Å². The lowest BCUT2D eigenvalue weighted by Crippen LogP contribution is -2.34. The third-order valence-electron chi connectivity index (χ3n) is 3.52. The van der Waals surface area contributed by atoms with Gasteiger partial charge in [0.2, 0.25) is 0 Å². The number of halogens is 3. The predicted molar refractivity (Wildman–Crippen MR) is 72.4 cm³/mol.